The van der Waals surface area contributed by atoms with Crippen LogP contribution in [0.2, 0.25) is 5.02 Å². The minimum Gasteiger partial charge on any atom is -0.394 e. The van der Waals surface area contributed by atoms with Crippen LogP contribution in [0.15, 0.2) is 18.2 Å². The van der Waals surface area contributed by atoms with E-state index in [9.17, 15) is 9.90 Å². The minimum absolute atomic E-state index is 0.0230. The molecule has 1 aliphatic heterocycles. The molecule has 1 aromatic carbocycles. The van der Waals surface area contributed by atoms with Crippen LogP contribution in [-0.4, -0.2) is 35.1 Å². The lowest BCUT2D eigenvalue weighted by atomic mass is 10.0. The second-order valence-corrected chi connectivity index (χ2v) is 5.15. The summed E-state index contributed by atoms with van der Waals surface area (Å²) in [5.41, 5.74) is 1.44. The minimum atomic E-state index is -0.0672. The van der Waals surface area contributed by atoms with Crippen molar-refractivity contribution in [3.63, 3.8) is 0 Å². The van der Waals surface area contributed by atoms with E-state index in [4.69, 9.17) is 11.6 Å². The highest BCUT2D eigenvalue weighted by atomic mass is 35.5. The molecule has 4 heteroatoms. The first-order chi connectivity index (χ1) is 8.65. The van der Waals surface area contributed by atoms with E-state index < -0.39 is 0 Å². The van der Waals surface area contributed by atoms with Gasteiger partial charge in [-0.1, -0.05) is 23.7 Å². The molecule has 3 nitrogen and oxygen atoms in total. The predicted octanol–water partition coefficient (Wildman–Crippen LogP) is 2.64. The smallest absolute Gasteiger partial charge is 0.255 e. The highest BCUT2D eigenvalue weighted by Crippen LogP contribution is 2.25. The number of likely N-dealkylation sites (tertiary alicyclic amines) is 1. The fourth-order valence-electron chi connectivity index (χ4n) is 2.43. The number of amides is 1. The zero-order chi connectivity index (χ0) is 13.1. The van der Waals surface area contributed by atoms with Crippen LogP contribution in [0.1, 0.15) is 35.2 Å². The van der Waals surface area contributed by atoms with E-state index in [2.05, 4.69) is 0 Å². The third-order valence-corrected chi connectivity index (χ3v) is 4.02. The lowest BCUT2D eigenvalue weighted by Crippen LogP contribution is -2.45. The molecule has 1 saturated heterocycles. The van der Waals surface area contributed by atoms with E-state index in [-0.39, 0.29) is 18.6 Å². The summed E-state index contributed by atoms with van der Waals surface area (Å²) in [5.74, 6) is -0.0672. The van der Waals surface area contributed by atoms with Gasteiger partial charge in [0.05, 0.1) is 23.2 Å². The van der Waals surface area contributed by atoms with E-state index in [0.717, 1.165) is 24.8 Å². The topological polar surface area (TPSA) is 40.5 Å². The molecule has 2 rings (SSSR count). The molecular weight excluding hydrogens is 250 g/mol. The van der Waals surface area contributed by atoms with Gasteiger partial charge in [-0.3, -0.25) is 4.79 Å². The quantitative estimate of drug-likeness (QED) is 0.895. The van der Waals surface area contributed by atoms with Gasteiger partial charge >= 0.3 is 0 Å². The van der Waals surface area contributed by atoms with Gasteiger partial charge in [0.2, 0.25) is 0 Å². The van der Waals surface area contributed by atoms with Crippen molar-refractivity contribution in [1.82, 2.24) is 4.90 Å². The highest BCUT2D eigenvalue weighted by molar-refractivity contribution is 6.34. The Labute approximate surface area is 112 Å². The lowest BCUT2D eigenvalue weighted by Gasteiger charge is -2.34. The fraction of sp³-hybridized carbons (Fsp3) is 0.500. The van der Waals surface area contributed by atoms with Gasteiger partial charge in [0.25, 0.3) is 5.91 Å². The van der Waals surface area contributed by atoms with E-state index >= 15 is 0 Å². The summed E-state index contributed by atoms with van der Waals surface area (Å²) < 4.78 is 0. The Hall–Kier alpha value is -1.06. The average Bonchev–Trinajstić information content (AvgIpc) is 2.41. The first kappa shape index (κ1) is 13.4. The zero-order valence-corrected chi connectivity index (χ0v) is 11.3. The summed E-state index contributed by atoms with van der Waals surface area (Å²) in [6, 6.07) is 5.41. The number of hydrogen-bond donors (Lipinski definition) is 1. The van der Waals surface area contributed by atoms with Gasteiger partial charge < -0.3 is 10.0 Å². The molecule has 0 saturated carbocycles. The highest BCUT2D eigenvalue weighted by Gasteiger charge is 2.28. The summed E-state index contributed by atoms with van der Waals surface area (Å²) in [6.45, 7) is 2.61. The van der Waals surface area contributed by atoms with Gasteiger partial charge in [0.15, 0.2) is 0 Å². The summed E-state index contributed by atoms with van der Waals surface area (Å²) in [6.07, 6.45) is 2.92. The third-order valence-electron chi connectivity index (χ3n) is 3.52. The first-order valence-electron chi connectivity index (χ1n) is 6.32. The Balaban J connectivity index is 2.27. The predicted molar refractivity (Wildman–Crippen MR) is 72.0 cm³/mol. The van der Waals surface area contributed by atoms with Crippen molar-refractivity contribution in [2.24, 2.45) is 0 Å². The van der Waals surface area contributed by atoms with Crippen molar-refractivity contribution in [2.45, 2.75) is 32.2 Å². The number of nitrogens with zero attached hydrogens (tertiary/aromatic N) is 1. The van der Waals surface area contributed by atoms with Gasteiger partial charge in [0, 0.05) is 6.54 Å². The molecule has 1 unspecified atom stereocenters. The Morgan fingerprint density at radius 3 is 3.00 bits per heavy atom. The number of carbonyl (C=O) groups excluding carboxylic acids is 1. The number of rotatable bonds is 2. The van der Waals surface area contributed by atoms with E-state index in [1.165, 1.54) is 0 Å². The number of carbonyl (C=O) groups is 1. The van der Waals surface area contributed by atoms with Gasteiger partial charge in [-0.05, 0) is 37.8 Å². The molecule has 1 heterocycles. The normalized spacial score (nSPS) is 19.9. The molecule has 1 aromatic rings. The molecule has 0 radical (unpaired) electrons. The number of hydrogen-bond acceptors (Lipinski definition) is 2. The van der Waals surface area contributed by atoms with E-state index in [1.807, 2.05) is 19.1 Å². The number of aliphatic hydroxyl groups excluding tert-OH is 1. The molecule has 0 aromatic heterocycles. The molecule has 1 amide bonds. The molecule has 0 spiro atoms. The SMILES string of the molecule is Cc1cccc(C(=O)N2CCCCC2CO)c1Cl. The lowest BCUT2D eigenvalue weighted by molar-refractivity contribution is 0.0503. The van der Waals surface area contributed by atoms with Crippen LogP contribution >= 0.6 is 11.6 Å². The van der Waals surface area contributed by atoms with E-state index in [1.54, 1.807) is 11.0 Å². The number of aryl methyl sites for hydroxylation is 1. The van der Waals surface area contributed by atoms with Crippen LogP contribution in [0.5, 0.6) is 0 Å². The van der Waals surface area contributed by atoms with Crippen LogP contribution < -0.4 is 0 Å². The van der Waals surface area contributed by atoms with Crippen LogP contribution in [-0.2, 0) is 0 Å². The summed E-state index contributed by atoms with van der Waals surface area (Å²) in [5, 5.41) is 9.87. The maximum Gasteiger partial charge on any atom is 0.255 e. The Morgan fingerprint density at radius 1 is 1.50 bits per heavy atom. The van der Waals surface area contributed by atoms with Crippen LogP contribution in [0.25, 0.3) is 0 Å². The maximum atomic E-state index is 12.5. The molecule has 1 atom stereocenters. The number of halogens is 1. The monoisotopic (exact) mass is 267 g/mol. The van der Waals surface area contributed by atoms with Gasteiger partial charge in [-0.2, -0.15) is 0 Å². The Kier molecular flexibility index (Phi) is 4.25. The zero-order valence-electron chi connectivity index (χ0n) is 10.5. The molecular formula is C14H18ClNO2. The number of aliphatic hydroxyl groups is 1. The fourth-order valence-corrected chi connectivity index (χ4v) is 2.63. The molecule has 1 N–H and O–H groups in total. The molecule has 0 bridgehead atoms. The van der Waals surface area contributed by atoms with Gasteiger partial charge in [0.1, 0.15) is 0 Å². The van der Waals surface area contributed by atoms with Crippen LogP contribution in [0.3, 0.4) is 0 Å². The van der Waals surface area contributed by atoms with Crippen molar-refractivity contribution in [1.29, 1.82) is 0 Å². The van der Waals surface area contributed by atoms with Crippen LogP contribution in [0, 0.1) is 6.92 Å². The summed E-state index contributed by atoms with van der Waals surface area (Å²) in [7, 11) is 0. The summed E-state index contributed by atoms with van der Waals surface area (Å²) >= 11 is 6.19. The second kappa shape index (κ2) is 5.72. The average molecular weight is 268 g/mol. The largest absolute Gasteiger partial charge is 0.394 e. The molecule has 0 aliphatic carbocycles. The van der Waals surface area contributed by atoms with Crippen molar-refractivity contribution >= 4 is 17.5 Å². The first-order valence-corrected chi connectivity index (χ1v) is 6.70. The Bertz CT molecular complexity index is 447. The molecule has 98 valence electrons. The maximum absolute atomic E-state index is 12.5. The van der Waals surface area contributed by atoms with Crippen LogP contribution in [0.4, 0.5) is 0 Å². The number of piperidine rings is 1. The van der Waals surface area contributed by atoms with Crippen molar-refractivity contribution in [3.8, 4) is 0 Å². The van der Waals surface area contributed by atoms with Crippen molar-refractivity contribution in [3.05, 3.63) is 34.3 Å². The Morgan fingerprint density at radius 2 is 2.28 bits per heavy atom. The number of benzene rings is 1. The van der Waals surface area contributed by atoms with Crippen molar-refractivity contribution in [2.75, 3.05) is 13.2 Å². The standard InChI is InChI=1S/C14H18ClNO2/c1-10-5-4-7-12(13(10)15)14(18)16-8-3-2-6-11(16)9-17/h4-5,7,11,17H,2-3,6,8-9H2,1H3. The van der Waals surface area contributed by atoms with E-state index in [0.29, 0.717) is 17.1 Å². The van der Waals surface area contributed by atoms with Crippen molar-refractivity contribution < 1.29 is 9.90 Å². The third kappa shape index (κ3) is 2.52. The second-order valence-electron chi connectivity index (χ2n) is 4.77. The molecule has 18 heavy (non-hydrogen) atoms. The van der Waals surface area contributed by atoms with Gasteiger partial charge in [-0.25, -0.2) is 0 Å². The van der Waals surface area contributed by atoms with Gasteiger partial charge in [-0.15, -0.1) is 0 Å². The molecule has 1 aliphatic rings. The summed E-state index contributed by atoms with van der Waals surface area (Å²) in [4.78, 5) is 14.2. The molecule has 1 fully saturated rings.